The number of nitrogens with zero attached hydrogens (tertiary/aromatic N) is 4. The molecule has 1 aliphatic heterocycles. The number of ether oxygens (including phenoxy) is 1. The number of rotatable bonds is 5. The second kappa shape index (κ2) is 7.09. The predicted octanol–water partition coefficient (Wildman–Crippen LogP) is 3.74. The first-order valence-electron chi connectivity index (χ1n) is 8.13. The number of hydrazone groups is 1. The van der Waals surface area contributed by atoms with E-state index in [0.717, 1.165) is 29.9 Å². The van der Waals surface area contributed by atoms with Crippen LogP contribution >= 0.6 is 11.3 Å². The number of hydrogen-bond donors (Lipinski definition) is 0. The van der Waals surface area contributed by atoms with Crippen LogP contribution in [0.4, 0.5) is 5.69 Å². The summed E-state index contributed by atoms with van der Waals surface area (Å²) < 4.78 is 10.4. The number of hydrogen-bond acceptors (Lipinski definition) is 8. The fraction of sp³-hybridized carbons (Fsp3) is 0.222. The van der Waals surface area contributed by atoms with Gasteiger partial charge in [0.25, 0.3) is 5.89 Å². The van der Waals surface area contributed by atoms with Crippen LogP contribution in [0.1, 0.15) is 29.6 Å². The second-order valence-corrected chi connectivity index (χ2v) is 6.64. The van der Waals surface area contributed by atoms with Gasteiger partial charge >= 0.3 is 5.97 Å². The van der Waals surface area contributed by atoms with E-state index in [2.05, 4.69) is 15.2 Å². The van der Waals surface area contributed by atoms with Gasteiger partial charge in [0.2, 0.25) is 5.82 Å². The first-order valence-corrected chi connectivity index (χ1v) is 9.07. The lowest BCUT2D eigenvalue weighted by molar-refractivity contribution is 0.0430. The van der Waals surface area contributed by atoms with Crippen LogP contribution in [0.25, 0.3) is 11.4 Å². The zero-order chi connectivity index (χ0) is 17.9. The number of carbonyl (C=O) groups excluding carboxylic acids is 1. The molecular formula is C18H16N4O3S. The molecule has 0 aliphatic carbocycles. The van der Waals surface area contributed by atoms with Crippen molar-refractivity contribution in [1.29, 1.82) is 0 Å². The third kappa shape index (κ3) is 3.50. The molecule has 26 heavy (non-hydrogen) atoms. The first kappa shape index (κ1) is 16.5. The molecule has 3 heterocycles. The third-order valence-corrected chi connectivity index (χ3v) is 4.64. The number of anilines is 1. The van der Waals surface area contributed by atoms with Crippen LogP contribution in [-0.4, -0.2) is 28.4 Å². The maximum absolute atomic E-state index is 12.2. The van der Waals surface area contributed by atoms with E-state index in [-0.39, 0.29) is 12.5 Å². The lowest BCUT2D eigenvalue weighted by Crippen LogP contribution is -2.12. The molecule has 0 atom stereocenters. The molecule has 4 rings (SSSR count). The highest BCUT2D eigenvalue weighted by Gasteiger charge is 2.15. The largest absolute Gasteiger partial charge is 0.452 e. The Balaban J connectivity index is 1.36. The molecule has 2 aromatic heterocycles. The minimum atomic E-state index is -0.437. The summed E-state index contributed by atoms with van der Waals surface area (Å²) in [6.07, 6.45) is 0.960. The fourth-order valence-electron chi connectivity index (χ4n) is 2.56. The summed E-state index contributed by atoms with van der Waals surface area (Å²) in [7, 11) is 0. The molecule has 0 N–H and O–H groups in total. The van der Waals surface area contributed by atoms with Crippen molar-refractivity contribution in [3.63, 3.8) is 0 Å². The van der Waals surface area contributed by atoms with E-state index in [4.69, 9.17) is 9.26 Å². The number of thiophene rings is 1. The second-order valence-electron chi connectivity index (χ2n) is 5.86. The Kier molecular flexibility index (Phi) is 4.49. The summed E-state index contributed by atoms with van der Waals surface area (Å²) in [5.74, 6) is 0.314. The van der Waals surface area contributed by atoms with Gasteiger partial charge in [-0.2, -0.15) is 21.4 Å². The Morgan fingerprint density at radius 1 is 1.31 bits per heavy atom. The lowest BCUT2D eigenvalue weighted by atomic mass is 10.2. The highest BCUT2D eigenvalue weighted by atomic mass is 32.1. The maximum Gasteiger partial charge on any atom is 0.338 e. The minimum Gasteiger partial charge on any atom is -0.452 e. The Hall–Kier alpha value is -3.00. The van der Waals surface area contributed by atoms with E-state index in [1.165, 1.54) is 0 Å². The van der Waals surface area contributed by atoms with Crippen molar-refractivity contribution < 1.29 is 14.1 Å². The summed E-state index contributed by atoms with van der Waals surface area (Å²) >= 11 is 1.55. The average molecular weight is 368 g/mol. The van der Waals surface area contributed by atoms with Crippen molar-refractivity contribution >= 4 is 28.7 Å². The number of aromatic nitrogens is 2. The summed E-state index contributed by atoms with van der Waals surface area (Å²) in [4.78, 5) is 16.4. The third-order valence-electron chi connectivity index (χ3n) is 3.95. The first-order chi connectivity index (χ1) is 12.7. The molecular weight excluding hydrogens is 352 g/mol. The molecule has 0 saturated heterocycles. The van der Waals surface area contributed by atoms with Crippen molar-refractivity contribution in [3.05, 3.63) is 52.5 Å². The topological polar surface area (TPSA) is 80.8 Å². The van der Waals surface area contributed by atoms with Gasteiger partial charge in [-0.1, -0.05) is 5.16 Å². The zero-order valence-corrected chi connectivity index (χ0v) is 14.9. The van der Waals surface area contributed by atoms with Gasteiger partial charge in [0.1, 0.15) is 0 Å². The molecule has 0 bridgehead atoms. The Morgan fingerprint density at radius 2 is 2.15 bits per heavy atom. The van der Waals surface area contributed by atoms with Crippen LogP contribution in [0.2, 0.25) is 0 Å². The minimum absolute atomic E-state index is 0.0622. The molecule has 1 aromatic carbocycles. The zero-order valence-electron chi connectivity index (χ0n) is 14.1. The smallest absolute Gasteiger partial charge is 0.338 e. The van der Waals surface area contributed by atoms with Gasteiger partial charge in [0.15, 0.2) is 6.61 Å². The number of benzene rings is 1. The maximum atomic E-state index is 12.2. The van der Waals surface area contributed by atoms with Gasteiger partial charge in [-0.3, -0.25) is 5.01 Å². The van der Waals surface area contributed by atoms with Gasteiger partial charge in [0.05, 0.1) is 11.3 Å². The van der Waals surface area contributed by atoms with E-state index in [9.17, 15) is 4.79 Å². The Morgan fingerprint density at radius 3 is 2.85 bits per heavy atom. The van der Waals surface area contributed by atoms with Crippen molar-refractivity contribution in [2.24, 2.45) is 5.10 Å². The van der Waals surface area contributed by atoms with E-state index in [1.54, 1.807) is 23.5 Å². The molecule has 7 nitrogen and oxygen atoms in total. The van der Waals surface area contributed by atoms with E-state index >= 15 is 0 Å². The Labute approximate surface area is 153 Å². The van der Waals surface area contributed by atoms with Crippen molar-refractivity contribution in [1.82, 2.24) is 10.1 Å². The highest BCUT2D eigenvalue weighted by Crippen LogP contribution is 2.21. The fourth-order valence-corrected chi connectivity index (χ4v) is 3.20. The summed E-state index contributed by atoms with van der Waals surface area (Å²) in [6, 6.07) is 9.08. The van der Waals surface area contributed by atoms with Crippen molar-refractivity contribution in [3.8, 4) is 11.4 Å². The highest BCUT2D eigenvalue weighted by molar-refractivity contribution is 7.08. The summed E-state index contributed by atoms with van der Waals surface area (Å²) in [5, 5.41) is 14.1. The van der Waals surface area contributed by atoms with Gasteiger partial charge in [0, 0.05) is 29.6 Å². The molecule has 132 valence electrons. The molecule has 8 heteroatoms. The molecule has 0 saturated carbocycles. The van der Waals surface area contributed by atoms with E-state index in [0.29, 0.717) is 11.4 Å². The molecule has 0 spiro atoms. The molecule has 3 aromatic rings. The van der Waals surface area contributed by atoms with Crippen LogP contribution in [0.5, 0.6) is 0 Å². The lowest BCUT2D eigenvalue weighted by Gasteiger charge is -2.13. The van der Waals surface area contributed by atoms with Crippen LogP contribution in [-0.2, 0) is 11.3 Å². The molecule has 0 fully saturated rings. The normalized spacial score (nSPS) is 13.7. The monoisotopic (exact) mass is 368 g/mol. The molecule has 0 unspecified atom stereocenters. The molecule has 1 aliphatic rings. The van der Waals surface area contributed by atoms with Crippen molar-refractivity contribution in [2.45, 2.75) is 20.0 Å². The van der Waals surface area contributed by atoms with E-state index < -0.39 is 5.97 Å². The van der Waals surface area contributed by atoms with E-state index in [1.807, 2.05) is 40.9 Å². The SMILES string of the molecule is CC1=NN(c2ccc(C(=O)OCc3nc(-c4ccsc4)no3)cc2)CC1. The Bertz CT molecular complexity index is 932. The van der Waals surface area contributed by atoms with Crippen LogP contribution in [0, 0.1) is 0 Å². The average Bonchev–Trinajstić information content (AvgIpc) is 3.41. The summed E-state index contributed by atoms with van der Waals surface area (Å²) in [5.41, 5.74) is 3.41. The van der Waals surface area contributed by atoms with Gasteiger partial charge in [-0.05, 0) is 42.6 Å². The van der Waals surface area contributed by atoms with Crippen molar-refractivity contribution in [2.75, 3.05) is 11.6 Å². The quantitative estimate of drug-likeness (QED) is 0.638. The standard InChI is InChI=1S/C18H16N4O3S/c1-12-6-8-22(20-12)15-4-2-13(3-5-15)18(23)24-10-16-19-17(21-25-16)14-7-9-26-11-14/h2-5,7,9,11H,6,8,10H2,1H3. The van der Waals surface area contributed by atoms with Gasteiger partial charge < -0.3 is 9.26 Å². The molecule has 0 amide bonds. The number of esters is 1. The van der Waals surface area contributed by atoms with Gasteiger partial charge in [-0.15, -0.1) is 0 Å². The van der Waals surface area contributed by atoms with Crippen LogP contribution in [0.3, 0.4) is 0 Å². The summed E-state index contributed by atoms with van der Waals surface area (Å²) in [6.45, 7) is 2.81. The molecule has 0 radical (unpaired) electrons. The van der Waals surface area contributed by atoms with Gasteiger partial charge in [-0.25, -0.2) is 4.79 Å². The predicted molar refractivity (Wildman–Crippen MR) is 98.2 cm³/mol. The number of carbonyl (C=O) groups is 1. The van der Waals surface area contributed by atoms with Crippen LogP contribution in [0.15, 0.2) is 50.7 Å². The van der Waals surface area contributed by atoms with Crippen LogP contribution < -0.4 is 5.01 Å².